The van der Waals surface area contributed by atoms with E-state index in [1.165, 1.54) is 19.8 Å². The molecule has 0 bridgehead atoms. The van der Waals surface area contributed by atoms with Gasteiger partial charge in [-0.2, -0.15) is 0 Å². The minimum absolute atomic E-state index is 0.00785. The lowest BCUT2D eigenvalue weighted by Gasteiger charge is -2.15. The number of rotatable bonds is 11. The van der Waals surface area contributed by atoms with Gasteiger partial charge < -0.3 is 14.8 Å². The molecule has 0 spiro atoms. The van der Waals surface area contributed by atoms with Crippen LogP contribution in [0.1, 0.15) is 29.3 Å². The Morgan fingerprint density at radius 3 is 2.38 bits per heavy atom. The minimum atomic E-state index is -3.50. The molecule has 1 amide bonds. The van der Waals surface area contributed by atoms with Crippen LogP contribution >= 0.6 is 0 Å². The number of methoxy groups -OCH3 is 2. The molecule has 158 valence electrons. The number of ether oxygens (including phenoxy) is 2. The molecule has 0 aliphatic carbocycles. The van der Waals surface area contributed by atoms with E-state index >= 15 is 0 Å². The average molecular weight is 421 g/mol. The van der Waals surface area contributed by atoms with E-state index in [0.717, 1.165) is 6.42 Å². The zero-order chi connectivity index (χ0) is 21.3. The molecule has 0 saturated heterocycles. The highest BCUT2D eigenvalue weighted by molar-refractivity contribution is 7.89. The lowest BCUT2D eigenvalue weighted by Crippen LogP contribution is -2.38. The van der Waals surface area contributed by atoms with Gasteiger partial charge in [0, 0.05) is 18.2 Å². The van der Waals surface area contributed by atoms with E-state index in [2.05, 4.69) is 10.0 Å². The molecule has 0 heterocycles. The maximum Gasteiger partial charge on any atom is 0.251 e. The first-order valence-corrected chi connectivity index (χ1v) is 11.0. The molecule has 2 rings (SSSR count). The number of nitrogens with one attached hydrogen (secondary N) is 2. The molecule has 0 radical (unpaired) electrons. The zero-order valence-corrected chi connectivity index (χ0v) is 17.8. The van der Waals surface area contributed by atoms with Gasteiger partial charge in [0.25, 0.3) is 5.91 Å². The molecule has 8 heteroatoms. The molecule has 1 atom stereocenters. The van der Waals surface area contributed by atoms with Crippen molar-refractivity contribution in [1.82, 2.24) is 10.0 Å². The van der Waals surface area contributed by atoms with Gasteiger partial charge in [0.15, 0.2) is 11.5 Å². The summed E-state index contributed by atoms with van der Waals surface area (Å²) < 4.78 is 37.5. The lowest BCUT2D eigenvalue weighted by atomic mass is 10.1. The third kappa shape index (κ3) is 7.40. The van der Waals surface area contributed by atoms with Crippen molar-refractivity contribution in [3.8, 4) is 11.5 Å². The van der Waals surface area contributed by atoms with Crippen molar-refractivity contribution in [2.75, 3.05) is 26.5 Å². The van der Waals surface area contributed by atoms with Crippen LogP contribution in [0.25, 0.3) is 0 Å². The Hall–Kier alpha value is -2.58. The summed E-state index contributed by atoms with van der Waals surface area (Å²) in [5, 5.41) is 2.62. The summed E-state index contributed by atoms with van der Waals surface area (Å²) in [5.74, 6) is 0.377. The fourth-order valence-corrected chi connectivity index (χ4v) is 4.05. The summed E-state index contributed by atoms with van der Waals surface area (Å²) in [4.78, 5) is 12.3. The number of hydrogen-bond donors (Lipinski definition) is 2. The first-order chi connectivity index (χ1) is 13.8. The van der Waals surface area contributed by atoms with E-state index in [-0.39, 0.29) is 24.2 Å². The van der Waals surface area contributed by atoms with E-state index in [1.807, 2.05) is 37.3 Å². The number of benzene rings is 2. The molecular formula is C21H28N2O5S. The maximum atomic E-state index is 12.3. The quantitative estimate of drug-likeness (QED) is 0.582. The smallest absolute Gasteiger partial charge is 0.251 e. The molecule has 0 unspecified atom stereocenters. The van der Waals surface area contributed by atoms with Crippen LogP contribution in [0.4, 0.5) is 0 Å². The Kier molecular flexibility index (Phi) is 8.48. The number of hydrogen-bond acceptors (Lipinski definition) is 5. The Labute approximate surface area is 172 Å². The Bertz CT molecular complexity index is 901. The van der Waals surface area contributed by atoms with Gasteiger partial charge in [0.1, 0.15) is 0 Å². The van der Waals surface area contributed by atoms with Crippen LogP contribution in [0.5, 0.6) is 11.5 Å². The molecule has 0 aromatic heterocycles. The number of sulfonamides is 1. The van der Waals surface area contributed by atoms with E-state index in [9.17, 15) is 13.2 Å². The highest BCUT2D eigenvalue weighted by Gasteiger charge is 2.16. The van der Waals surface area contributed by atoms with Crippen LogP contribution in [0.3, 0.4) is 0 Å². The van der Waals surface area contributed by atoms with Crippen LogP contribution in [0.2, 0.25) is 0 Å². The predicted octanol–water partition coefficient (Wildman–Crippen LogP) is 2.37. The van der Waals surface area contributed by atoms with Gasteiger partial charge in [-0.25, -0.2) is 13.1 Å². The topological polar surface area (TPSA) is 93.7 Å². The third-order valence-electron chi connectivity index (χ3n) is 4.39. The van der Waals surface area contributed by atoms with Crippen molar-refractivity contribution in [2.45, 2.75) is 25.8 Å². The second-order valence-electron chi connectivity index (χ2n) is 6.69. The average Bonchev–Trinajstić information content (AvgIpc) is 2.71. The first-order valence-electron chi connectivity index (χ1n) is 9.39. The van der Waals surface area contributed by atoms with E-state index in [0.29, 0.717) is 23.5 Å². The van der Waals surface area contributed by atoms with Crippen LogP contribution < -0.4 is 19.5 Å². The van der Waals surface area contributed by atoms with Crippen molar-refractivity contribution < 1.29 is 22.7 Å². The van der Waals surface area contributed by atoms with Crippen LogP contribution in [0, 0.1) is 0 Å². The summed E-state index contributed by atoms with van der Waals surface area (Å²) in [6, 6.07) is 14.5. The summed E-state index contributed by atoms with van der Waals surface area (Å²) in [5.41, 5.74) is 1.53. The van der Waals surface area contributed by atoms with Crippen LogP contribution in [0.15, 0.2) is 48.5 Å². The molecule has 0 fully saturated rings. The van der Waals surface area contributed by atoms with Crippen LogP contribution in [-0.4, -0.2) is 46.9 Å². The Morgan fingerprint density at radius 2 is 1.72 bits per heavy atom. The Balaban J connectivity index is 1.80. The fraction of sp³-hybridized carbons (Fsp3) is 0.381. The number of carbonyl (C=O) groups excluding carboxylic acids is 1. The highest BCUT2D eigenvalue weighted by Crippen LogP contribution is 2.27. The summed E-state index contributed by atoms with van der Waals surface area (Å²) in [6.45, 7) is 1.84. The van der Waals surface area contributed by atoms with E-state index < -0.39 is 10.0 Å². The number of amides is 1. The van der Waals surface area contributed by atoms with Gasteiger partial charge in [-0.1, -0.05) is 30.3 Å². The zero-order valence-electron chi connectivity index (χ0n) is 17.0. The normalized spacial score (nSPS) is 12.2. The predicted molar refractivity (Wildman–Crippen MR) is 113 cm³/mol. The maximum absolute atomic E-state index is 12.3. The van der Waals surface area contributed by atoms with E-state index in [1.54, 1.807) is 18.2 Å². The van der Waals surface area contributed by atoms with Gasteiger partial charge >= 0.3 is 0 Å². The first kappa shape index (κ1) is 22.7. The lowest BCUT2D eigenvalue weighted by molar-refractivity contribution is 0.0955. The van der Waals surface area contributed by atoms with Crippen molar-refractivity contribution >= 4 is 15.9 Å². The molecule has 2 aromatic carbocycles. The molecule has 0 aliphatic rings. The molecule has 7 nitrogen and oxygen atoms in total. The second kappa shape index (κ2) is 10.8. The van der Waals surface area contributed by atoms with Gasteiger partial charge in [0.05, 0.1) is 20.0 Å². The van der Waals surface area contributed by atoms with Gasteiger partial charge in [-0.15, -0.1) is 0 Å². The van der Waals surface area contributed by atoms with Crippen molar-refractivity contribution in [2.24, 2.45) is 0 Å². The SMILES string of the molecule is COc1ccc(C(=O)NCCS(=O)(=O)N[C@H](C)CCc2ccccc2)cc1OC. The third-order valence-corrected chi connectivity index (χ3v) is 5.89. The Morgan fingerprint density at radius 1 is 1.03 bits per heavy atom. The molecule has 0 aliphatic heterocycles. The molecule has 29 heavy (non-hydrogen) atoms. The molecular weight excluding hydrogens is 392 g/mol. The summed E-state index contributed by atoms with van der Waals surface area (Å²) >= 11 is 0. The monoisotopic (exact) mass is 420 g/mol. The summed E-state index contributed by atoms with van der Waals surface area (Å²) in [7, 11) is -0.503. The minimum Gasteiger partial charge on any atom is -0.493 e. The largest absolute Gasteiger partial charge is 0.493 e. The van der Waals surface area contributed by atoms with Gasteiger partial charge in [0.2, 0.25) is 10.0 Å². The molecule has 2 N–H and O–H groups in total. The van der Waals surface area contributed by atoms with Gasteiger partial charge in [-0.3, -0.25) is 4.79 Å². The molecule has 2 aromatic rings. The van der Waals surface area contributed by atoms with Crippen LogP contribution in [-0.2, 0) is 16.4 Å². The molecule has 0 saturated carbocycles. The fourth-order valence-electron chi connectivity index (χ4n) is 2.83. The van der Waals surface area contributed by atoms with Gasteiger partial charge in [-0.05, 0) is 43.5 Å². The standard InChI is InChI=1S/C21H28N2O5S/c1-16(9-10-17-7-5-4-6-8-17)23-29(25,26)14-13-22-21(24)18-11-12-19(27-2)20(15-18)28-3/h4-8,11-12,15-16,23H,9-10,13-14H2,1-3H3,(H,22,24)/t16-/m1/s1. The van der Waals surface area contributed by atoms with E-state index in [4.69, 9.17) is 9.47 Å². The highest BCUT2D eigenvalue weighted by atomic mass is 32.2. The number of carbonyl (C=O) groups is 1. The van der Waals surface area contributed by atoms with Crippen molar-refractivity contribution in [3.05, 3.63) is 59.7 Å². The second-order valence-corrected chi connectivity index (χ2v) is 8.56. The summed E-state index contributed by atoms with van der Waals surface area (Å²) in [6.07, 6.45) is 1.49. The van der Waals surface area contributed by atoms with Crippen molar-refractivity contribution in [3.63, 3.8) is 0 Å². The van der Waals surface area contributed by atoms with Crippen molar-refractivity contribution in [1.29, 1.82) is 0 Å². The number of aryl methyl sites for hydroxylation is 1.